The van der Waals surface area contributed by atoms with Crippen LogP contribution >= 0.6 is 0 Å². The topological polar surface area (TPSA) is 81.7 Å². The Bertz CT molecular complexity index is 544. The molecule has 7 heteroatoms. The molecule has 1 N–H and O–H groups in total. The Morgan fingerprint density at radius 3 is 2.59 bits per heavy atom. The third kappa shape index (κ3) is 9.36. The second-order valence-corrected chi connectivity index (χ2v) is 6.86. The van der Waals surface area contributed by atoms with Crippen LogP contribution in [0.25, 0.3) is 0 Å². The molecule has 1 rings (SSSR count). The van der Waals surface area contributed by atoms with Gasteiger partial charge in [0.05, 0.1) is 12.9 Å². The summed E-state index contributed by atoms with van der Waals surface area (Å²) in [5.41, 5.74) is 0.934. The quantitative estimate of drug-likeness (QED) is 0.555. The molecule has 1 amide bonds. The molecule has 0 saturated carbocycles. The molecule has 6 nitrogen and oxygen atoms in total. The molecular formula is C15H23NO5S. The number of hydrogen-bond acceptors (Lipinski definition) is 5. The number of alkyl carbamates (subject to hydrolysis) is 1. The van der Waals surface area contributed by atoms with Gasteiger partial charge in [0.25, 0.3) is 10.1 Å². The van der Waals surface area contributed by atoms with E-state index in [0.717, 1.165) is 18.2 Å². The lowest BCUT2D eigenvalue weighted by atomic mass is 10.1. The van der Waals surface area contributed by atoms with Crippen LogP contribution in [0.1, 0.15) is 25.3 Å². The molecule has 1 unspecified atom stereocenters. The molecule has 1 atom stereocenters. The maximum Gasteiger partial charge on any atom is 0.407 e. The summed E-state index contributed by atoms with van der Waals surface area (Å²) in [6.07, 6.45) is 1.95. The van der Waals surface area contributed by atoms with Crippen molar-refractivity contribution in [2.24, 2.45) is 5.92 Å². The third-order valence-corrected chi connectivity index (χ3v) is 3.54. The number of carbonyl (C=O) groups excluding carboxylic acids is 1. The van der Waals surface area contributed by atoms with Gasteiger partial charge in [-0.25, -0.2) is 4.79 Å². The SMILES string of the molecule is CC(CCCOS(C)(=O)=O)CNC(=O)OCc1ccccc1. The zero-order chi connectivity index (χ0) is 16.4. The molecule has 0 spiro atoms. The van der Waals surface area contributed by atoms with E-state index in [1.807, 2.05) is 37.3 Å². The number of amides is 1. The van der Waals surface area contributed by atoms with Crippen molar-refractivity contribution in [2.75, 3.05) is 19.4 Å². The van der Waals surface area contributed by atoms with Gasteiger partial charge < -0.3 is 10.1 Å². The van der Waals surface area contributed by atoms with Gasteiger partial charge in [-0.3, -0.25) is 4.18 Å². The Morgan fingerprint density at radius 2 is 1.95 bits per heavy atom. The molecule has 22 heavy (non-hydrogen) atoms. The van der Waals surface area contributed by atoms with Crippen molar-refractivity contribution >= 4 is 16.2 Å². The van der Waals surface area contributed by atoms with E-state index in [2.05, 4.69) is 9.50 Å². The summed E-state index contributed by atoms with van der Waals surface area (Å²) in [4.78, 5) is 11.5. The lowest BCUT2D eigenvalue weighted by molar-refractivity contribution is 0.138. The van der Waals surface area contributed by atoms with Crippen LogP contribution in [0.3, 0.4) is 0 Å². The molecule has 0 aliphatic rings. The van der Waals surface area contributed by atoms with Crippen molar-refractivity contribution in [1.29, 1.82) is 0 Å². The van der Waals surface area contributed by atoms with Crippen molar-refractivity contribution in [1.82, 2.24) is 5.32 Å². The van der Waals surface area contributed by atoms with E-state index < -0.39 is 16.2 Å². The summed E-state index contributed by atoms with van der Waals surface area (Å²) >= 11 is 0. The Morgan fingerprint density at radius 1 is 1.27 bits per heavy atom. The van der Waals surface area contributed by atoms with Gasteiger partial charge in [-0.1, -0.05) is 37.3 Å². The highest BCUT2D eigenvalue weighted by molar-refractivity contribution is 7.85. The summed E-state index contributed by atoms with van der Waals surface area (Å²) in [5.74, 6) is 0.215. The number of rotatable bonds is 9. The number of hydrogen-bond donors (Lipinski definition) is 1. The van der Waals surface area contributed by atoms with Crippen LogP contribution in [0.5, 0.6) is 0 Å². The van der Waals surface area contributed by atoms with Crippen LogP contribution in [0.2, 0.25) is 0 Å². The van der Waals surface area contributed by atoms with Crippen molar-refractivity contribution in [3.63, 3.8) is 0 Å². The van der Waals surface area contributed by atoms with Crippen LogP contribution in [-0.2, 0) is 25.6 Å². The fraction of sp³-hybridized carbons (Fsp3) is 0.533. The lowest BCUT2D eigenvalue weighted by Crippen LogP contribution is -2.29. The first-order valence-corrected chi connectivity index (χ1v) is 8.97. The second kappa shape index (κ2) is 9.42. The van der Waals surface area contributed by atoms with Gasteiger partial charge in [0, 0.05) is 6.54 Å². The van der Waals surface area contributed by atoms with Gasteiger partial charge in [-0.05, 0) is 24.3 Å². The fourth-order valence-electron chi connectivity index (χ4n) is 1.78. The molecular weight excluding hydrogens is 306 g/mol. The first kappa shape index (κ1) is 18.4. The van der Waals surface area contributed by atoms with E-state index in [1.165, 1.54) is 0 Å². The number of ether oxygens (including phenoxy) is 1. The molecule has 0 aliphatic heterocycles. The summed E-state index contributed by atoms with van der Waals surface area (Å²) < 4.78 is 31.3. The molecule has 1 aromatic carbocycles. The average Bonchev–Trinajstić information content (AvgIpc) is 2.47. The lowest BCUT2D eigenvalue weighted by Gasteiger charge is -2.12. The normalized spacial score (nSPS) is 12.6. The minimum absolute atomic E-state index is 0.168. The van der Waals surface area contributed by atoms with Crippen LogP contribution in [0.15, 0.2) is 30.3 Å². The molecule has 1 aromatic rings. The summed E-state index contributed by atoms with van der Waals surface area (Å²) in [6.45, 7) is 2.86. The predicted octanol–water partition coefficient (Wildman–Crippen LogP) is 2.31. The van der Waals surface area contributed by atoms with Gasteiger partial charge in [-0.15, -0.1) is 0 Å². The van der Waals surface area contributed by atoms with Crippen LogP contribution in [-0.4, -0.2) is 33.9 Å². The highest BCUT2D eigenvalue weighted by atomic mass is 32.2. The van der Waals surface area contributed by atoms with E-state index in [-0.39, 0.29) is 19.1 Å². The highest BCUT2D eigenvalue weighted by Crippen LogP contribution is 2.06. The Balaban J connectivity index is 2.10. The molecule has 0 heterocycles. The van der Waals surface area contributed by atoms with Gasteiger partial charge in [0.2, 0.25) is 0 Å². The molecule has 124 valence electrons. The average molecular weight is 329 g/mol. The van der Waals surface area contributed by atoms with Gasteiger partial charge in [0.15, 0.2) is 0 Å². The number of benzene rings is 1. The van der Waals surface area contributed by atoms with E-state index in [4.69, 9.17) is 4.74 Å². The summed E-state index contributed by atoms with van der Waals surface area (Å²) in [7, 11) is -3.37. The molecule has 0 aliphatic carbocycles. The van der Waals surface area contributed by atoms with E-state index in [1.54, 1.807) is 0 Å². The molecule has 0 bridgehead atoms. The van der Waals surface area contributed by atoms with Crippen molar-refractivity contribution in [3.8, 4) is 0 Å². The molecule has 0 radical (unpaired) electrons. The monoisotopic (exact) mass is 329 g/mol. The molecule has 0 fully saturated rings. The van der Waals surface area contributed by atoms with E-state index in [9.17, 15) is 13.2 Å². The van der Waals surface area contributed by atoms with Crippen LogP contribution in [0, 0.1) is 5.92 Å². The summed E-state index contributed by atoms with van der Waals surface area (Å²) in [6, 6.07) is 9.45. The summed E-state index contributed by atoms with van der Waals surface area (Å²) in [5, 5.41) is 2.69. The second-order valence-electron chi connectivity index (χ2n) is 5.22. The minimum atomic E-state index is -3.37. The van der Waals surface area contributed by atoms with Gasteiger partial charge >= 0.3 is 6.09 Å². The zero-order valence-corrected chi connectivity index (χ0v) is 13.8. The van der Waals surface area contributed by atoms with Crippen LogP contribution in [0.4, 0.5) is 4.79 Å². The third-order valence-electron chi connectivity index (χ3n) is 2.95. The minimum Gasteiger partial charge on any atom is -0.445 e. The molecule has 0 aromatic heterocycles. The van der Waals surface area contributed by atoms with Crippen molar-refractivity contribution in [3.05, 3.63) is 35.9 Å². The smallest absolute Gasteiger partial charge is 0.407 e. The maximum absolute atomic E-state index is 11.5. The first-order chi connectivity index (χ1) is 10.4. The standard InChI is InChI=1S/C15H23NO5S/c1-13(7-6-10-21-22(2,18)19)11-16-15(17)20-12-14-8-4-3-5-9-14/h3-5,8-9,13H,6-7,10-12H2,1-2H3,(H,16,17). The van der Waals surface area contributed by atoms with Crippen LogP contribution < -0.4 is 5.32 Å². The first-order valence-electron chi connectivity index (χ1n) is 7.16. The Labute approximate surface area is 131 Å². The van der Waals surface area contributed by atoms with Crippen molar-refractivity contribution < 1.29 is 22.1 Å². The van der Waals surface area contributed by atoms with Gasteiger partial charge in [-0.2, -0.15) is 8.42 Å². The van der Waals surface area contributed by atoms with Gasteiger partial charge in [0.1, 0.15) is 6.61 Å². The zero-order valence-electron chi connectivity index (χ0n) is 12.9. The predicted molar refractivity (Wildman–Crippen MR) is 83.8 cm³/mol. The highest BCUT2D eigenvalue weighted by Gasteiger charge is 2.08. The largest absolute Gasteiger partial charge is 0.445 e. The van der Waals surface area contributed by atoms with E-state index >= 15 is 0 Å². The van der Waals surface area contributed by atoms with Crippen molar-refractivity contribution in [2.45, 2.75) is 26.4 Å². The molecule has 0 saturated heterocycles. The number of carbonyl (C=O) groups is 1. The number of nitrogens with one attached hydrogen (secondary N) is 1. The van der Waals surface area contributed by atoms with E-state index in [0.29, 0.717) is 13.0 Å². The fourth-order valence-corrected chi connectivity index (χ4v) is 2.20. The Hall–Kier alpha value is -1.60. The maximum atomic E-state index is 11.5. The Kier molecular flexibility index (Phi) is 7.90.